The van der Waals surface area contributed by atoms with Crippen molar-refractivity contribution in [1.82, 2.24) is 4.90 Å². The Labute approximate surface area is 136 Å². The Morgan fingerprint density at radius 1 is 1.04 bits per heavy atom. The van der Waals surface area contributed by atoms with Crippen molar-refractivity contribution >= 4 is 11.8 Å². The molecule has 2 aliphatic rings. The van der Waals surface area contributed by atoms with Gasteiger partial charge in [0.15, 0.2) is 0 Å². The quantitative estimate of drug-likeness (QED) is 0.868. The Morgan fingerprint density at radius 2 is 1.74 bits per heavy atom. The van der Waals surface area contributed by atoms with Gasteiger partial charge in [0.2, 0.25) is 0 Å². The zero-order valence-electron chi connectivity index (χ0n) is 13.1. The van der Waals surface area contributed by atoms with Gasteiger partial charge in [-0.05, 0) is 23.6 Å². The van der Waals surface area contributed by atoms with Crippen molar-refractivity contribution in [2.75, 3.05) is 18.5 Å². The third kappa shape index (κ3) is 2.09. The maximum Gasteiger partial charge on any atom is 0.407 e. The van der Waals surface area contributed by atoms with Crippen molar-refractivity contribution in [3.63, 3.8) is 0 Å². The second kappa shape index (κ2) is 5.30. The second-order valence-corrected chi connectivity index (χ2v) is 6.40. The summed E-state index contributed by atoms with van der Waals surface area (Å²) in [5.41, 5.74) is 3.52. The molecule has 0 aliphatic carbocycles. The van der Waals surface area contributed by atoms with Crippen LogP contribution in [0.3, 0.4) is 0 Å². The highest BCUT2D eigenvalue weighted by molar-refractivity contribution is 5.69. The van der Waals surface area contributed by atoms with Gasteiger partial charge in [-0.3, -0.25) is 0 Å². The SMILES string of the molecule is CN1c2ccccc2[C@H]2[C@H](CCN2C(=O)O)[C@@H]1c1ccccc1. The fourth-order valence-corrected chi connectivity index (χ4v) is 4.38. The van der Waals surface area contributed by atoms with E-state index in [4.69, 9.17) is 0 Å². The molecular weight excluding hydrogens is 288 g/mol. The Morgan fingerprint density at radius 3 is 2.48 bits per heavy atom. The first-order chi connectivity index (χ1) is 11.2. The summed E-state index contributed by atoms with van der Waals surface area (Å²) >= 11 is 0. The van der Waals surface area contributed by atoms with E-state index in [-0.39, 0.29) is 18.0 Å². The summed E-state index contributed by atoms with van der Waals surface area (Å²) < 4.78 is 0. The molecule has 1 amide bonds. The molecule has 2 aromatic rings. The maximum atomic E-state index is 11.7. The van der Waals surface area contributed by atoms with E-state index in [9.17, 15) is 9.90 Å². The minimum absolute atomic E-state index is 0.0508. The van der Waals surface area contributed by atoms with E-state index in [2.05, 4.69) is 48.3 Å². The van der Waals surface area contributed by atoms with Crippen LogP contribution in [-0.2, 0) is 0 Å². The summed E-state index contributed by atoms with van der Waals surface area (Å²) in [6.07, 6.45) is 0.0820. The van der Waals surface area contributed by atoms with Crippen molar-refractivity contribution in [1.29, 1.82) is 0 Å². The molecule has 0 radical (unpaired) electrons. The summed E-state index contributed by atoms with van der Waals surface area (Å²) in [7, 11) is 2.12. The van der Waals surface area contributed by atoms with Gasteiger partial charge in [0.25, 0.3) is 0 Å². The molecule has 2 heterocycles. The van der Waals surface area contributed by atoms with E-state index in [1.54, 1.807) is 4.90 Å². The first kappa shape index (κ1) is 14.1. The molecule has 1 saturated heterocycles. The number of hydrogen-bond donors (Lipinski definition) is 1. The number of anilines is 1. The Hall–Kier alpha value is -2.49. The minimum Gasteiger partial charge on any atom is -0.465 e. The molecule has 1 N–H and O–H groups in total. The molecule has 118 valence electrons. The monoisotopic (exact) mass is 308 g/mol. The lowest BCUT2D eigenvalue weighted by Gasteiger charge is -2.45. The van der Waals surface area contributed by atoms with Gasteiger partial charge < -0.3 is 14.9 Å². The Balaban J connectivity index is 1.87. The van der Waals surface area contributed by atoms with Crippen LogP contribution in [-0.4, -0.2) is 29.7 Å². The number of nitrogens with zero attached hydrogens (tertiary/aromatic N) is 2. The number of para-hydroxylation sites is 1. The predicted molar refractivity (Wildman–Crippen MR) is 89.6 cm³/mol. The summed E-state index contributed by atoms with van der Waals surface area (Å²) in [6, 6.07) is 18.8. The van der Waals surface area contributed by atoms with Gasteiger partial charge in [-0.15, -0.1) is 0 Å². The van der Waals surface area contributed by atoms with E-state index >= 15 is 0 Å². The van der Waals surface area contributed by atoms with Crippen LogP contribution in [0.15, 0.2) is 54.6 Å². The summed E-state index contributed by atoms with van der Waals surface area (Å²) in [5.74, 6) is 0.286. The van der Waals surface area contributed by atoms with E-state index in [0.717, 1.165) is 17.7 Å². The van der Waals surface area contributed by atoms with Gasteiger partial charge in [0.05, 0.1) is 12.1 Å². The number of benzene rings is 2. The molecule has 0 bridgehead atoms. The van der Waals surface area contributed by atoms with E-state index in [0.29, 0.717) is 6.54 Å². The van der Waals surface area contributed by atoms with Crippen LogP contribution in [0.1, 0.15) is 29.6 Å². The van der Waals surface area contributed by atoms with Gasteiger partial charge in [-0.2, -0.15) is 0 Å². The van der Waals surface area contributed by atoms with Crippen molar-refractivity contribution in [3.8, 4) is 0 Å². The van der Waals surface area contributed by atoms with E-state index in [1.165, 1.54) is 5.56 Å². The van der Waals surface area contributed by atoms with Gasteiger partial charge in [0, 0.05) is 25.2 Å². The highest BCUT2D eigenvalue weighted by atomic mass is 16.4. The number of rotatable bonds is 1. The van der Waals surface area contributed by atoms with Crippen molar-refractivity contribution in [2.45, 2.75) is 18.5 Å². The highest BCUT2D eigenvalue weighted by Gasteiger charge is 2.48. The Kier molecular flexibility index (Phi) is 3.26. The van der Waals surface area contributed by atoms with Crippen LogP contribution in [0.25, 0.3) is 0 Å². The molecule has 0 spiro atoms. The van der Waals surface area contributed by atoms with Crippen LogP contribution in [0.4, 0.5) is 10.5 Å². The van der Waals surface area contributed by atoms with Crippen molar-refractivity contribution < 1.29 is 9.90 Å². The molecule has 1 fully saturated rings. The van der Waals surface area contributed by atoms with Gasteiger partial charge in [-0.25, -0.2) is 4.79 Å². The zero-order valence-corrected chi connectivity index (χ0v) is 13.1. The third-order valence-corrected chi connectivity index (χ3v) is 5.29. The number of fused-ring (bicyclic) bond motifs is 3. The van der Waals surface area contributed by atoms with Crippen LogP contribution in [0, 0.1) is 5.92 Å². The second-order valence-electron chi connectivity index (χ2n) is 6.40. The molecule has 4 heteroatoms. The number of carboxylic acid groups (broad SMARTS) is 1. The topological polar surface area (TPSA) is 43.8 Å². The molecule has 0 saturated carbocycles. The summed E-state index contributed by atoms with van der Waals surface area (Å²) in [6.45, 7) is 0.607. The maximum absolute atomic E-state index is 11.7. The number of hydrogen-bond acceptors (Lipinski definition) is 2. The number of likely N-dealkylation sites (tertiary alicyclic amines) is 1. The smallest absolute Gasteiger partial charge is 0.407 e. The molecule has 3 atom stereocenters. The van der Waals surface area contributed by atoms with Gasteiger partial charge in [-0.1, -0.05) is 48.5 Å². The fraction of sp³-hybridized carbons (Fsp3) is 0.316. The molecule has 4 nitrogen and oxygen atoms in total. The van der Waals surface area contributed by atoms with Gasteiger partial charge in [0.1, 0.15) is 0 Å². The number of amides is 1. The summed E-state index contributed by atoms with van der Waals surface area (Å²) in [4.78, 5) is 15.6. The first-order valence-corrected chi connectivity index (χ1v) is 8.05. The normalized spacial score (nSPS) is 25.9. The molecule has 4 rings (SSSR count). The molecule has 2 aromatic carbocycles. The lowest BCUT2D eigenvalue weighted by atomic mass is 9.79. The van der Waals surface area contributed by atoms with Gasteiger partial charge >= 0.3 is 6.09 Å². The lowest BCUT2D eigenvalue weighted by molar-refractivity contribution is 0.130. The third-order valence-electron chi connectivity index (χ3n) is 5.29. The van der Waals surface area contributed by atoms with Crippen molar-refractivity contribution in [2.24, 2.45) is 5.92 Å². The molecule has 0 aromatic heterocycles. The minimum atomic E-state index is -0.816. The van der Waals surface area contributed by atoms with Crippen LogP contribution in [0.2, 0.25) is 0 Å². The average Bonchev–Trinajstić information content (AvgIpc) is 3.01. The predicted octanol–water partition coefficient (Wildman–Crippen LogP) is 3.92. The van der Waals surface area contributed by atoms with E-state index < -0.39 is 6.09 Å². The zero-order chi connectivity index (χ0) is 16.0. The van der Waals surface area contributed by atoms with Crippen LogP contribution >= 0.6 is 0 Å². The highest BCUT2D eigenvalue weighted by Crippen LogP contribution is 2.53. The summed E-state index contributed by atoms with van der Waals surface area (Å²) in [5, 5.41) is 9.61. The molecule has 0 unspecified atom stereocenters. The van der Waals surface area contributed by atoms with Crippen molar-refractivity contribution in [3.05, 3.63) is 65.7 Å². The largest absolute Gasteiger partial charge is 0.465 e. The molecule has 2 aliphatic heterocycles. The molecule has 23 heavy (non-hydrogen) atoms. The van der Waals surface area contributed by atoms with Crippen LogP contribution < -0.4 is 4.90 Å². The first-order valence-electron chi connectivity index (χ1n) is 8.05. The molecular formula is C19H20N2O2. The van der Waals surface area contributed by atoms with E-state index in [1.807, 2.05) is 18.2 Å². The average molecular weight is 308 g/mol. The standard InChI is InChI=1S/C19H20N2O2/c1-20-16-10-6-5-9-14(16)18-15(11-12-21(18)19(22)23)17(20)13-7-3-2-4-8-13/h2-10,15,17-18H,11-12H2,1H3,(H,22,23)/t15-,17+,18+/m1/s1. The lowest BCUT2D eigenvalue weighted by Crippen LogP contribution is -2.41. The number of carbonyl (C=O) groups is 1. The van der Waals surface area contributed by atoms with Crippen LogP contribution in [0.5, 0.6) is 0 Å². The Bertz CT molecular complexity index is 731. The fourth-order valence-electron chi connectivity index (χ4n) is 4.38.